The maximum atomic E-state index is 13.5. The largest absolute Gasteiger partial charge is 0.422 e. The molecule has 1 rings (SSSR count). The van der Waals surface area contributed by atoms with Gasteiger partial charge in [-0.05, 0) is 32.1 Å². The molecule has 0 aromatic heterocycles. The van der Waals surface area contributed by atoms with Crippen LogP contribution in [0, 0.1) is 29.1 Å². The molecule has 0 aliphatic carbocycles. The summed E-state index contributed by atoms with van der Waals surface area (Å²) < 4.78 is 71.9. The van der Waals surface area contributed by atoms with Gasteiger partial charge in [0.05, 0.1) is 5.60 Å². The van der Waals surface area contributed by atoms with Crippen LogP contribution in [-0.4, -0.2) is 28.5 Å². The summed E-state index contributed by atoms with van der Waals surface area (Å²) in [7, 11) is 0.605. The van der Waals surface area contributed by atoms with Crippen molar-refractivity contribution in [3.63, 3.8) is 0 Å². The fourth-order valence-corrected chi connectivity index (χ4v) is 3.44. The number of hydrogen-bond acceptors (Lipinski definition) is 2. The Morgan fingerprint density at radius 3 is 1.88 bits per heavy atom. The zero-order chi connectivity index (χ0) is 19.2. The van der Waals surface area contributed by atoms with Crippen LogP contribution >= 0.6 is 0 Å². The molecule has 142 valence electrons. The summed E-state index contributed by atoms with van der Waals surface area (Å²) in [5.41, 5.74) is -1.66. The van der Waals surface area contributed by atoms with Crippen LogP contribution in [0.15, 0.2) is 0 Å². The van der Waals surface area contributed by atoms with Crippen LogP contribution in [0.4, 0.5) is 22.0 Å². The van der Waals surface area contributed by atoms with Crippen molar-refractivity contribution < 1.29 is 31.2 Å². The molecule has 0 fully saturated rings. The van der Waals surface area contributed by atoms with Crippen LogP contribution in [0.2, 0.25) is 0 Å². The summed E-state index contributed by atoms with van der Waals surface area (Å²) in [6, 6.07) is 0. The van der Waals surface area contributed by atoms with Crippen molar-refractivity contribution in [1.29, 1.82) is 0 Å². The van der Waals surface area contributed by atoms with E-state index in [2.05, 4.69) is 5.32 Å². The van der Waals surface area contributed by atoms with E-state index in [4.69, 9.17) is 4.43 Å². The van der Waals surface area contributed by atoms with Gasteiger partial charge >= 0.3 is 0 Å². The van der Waals surface area contributed by atoms with Crippen molar-refractivity contribution in [3.8, 4) is 0 Å². The second-order valence-electron chi connectivity index (χ2n) is 5.75. The quantitative estimate of drug-likeness (QED) is 0.234. The first-order chi connectivity index (χ1) is 11.7. The van der Waals surface area contributed by atoms with Gasteiger partial charge < -0.3 is 9.74 Å². The van der Waals surface area contributed by atoms with E-state index in [-0.39, 0.29) is 12.1 Å². The van der Waals surface area contributed by atoms with E-state index in [9.17, 15) is 26.7 Å². The maximum Gasteiger partial charge on any atom is 0.257 e. The normalized spacial score (nSPS) is 11.8. The summed E-state index contributed by atoms with van der Waals surface area (Å²) >= 11 is 0. The molecular weight excluding hydrogens is 361 g/mol. The lowest BCUT2D eigenvalue weighted by atomic mass is 9.91. The Morgan fingerprint density at radius 2 is 1.44 bits per heavy atom. The van der Waals surface area contributed by atoms with Gasteiger partial charge in [0.15, 0.2) is 23.3 Å². The average molecular weight is 383 g/mol. The average Bonchev–Trinajstić information content (AvgIpc) is 2.62. The lowest BCUT2D eigenvalue weighted by molar-refractivity contribution is 0.0585. The fourth-order valence-electron chi connectivity index (χ4n) is 2.66. The van der Waals surface area contributed by atoms with Gasteiger partial charge in [-0.25, -0.2) is 22.0 Å². The molecule has 1 N–H and O–H groups in total. The number of nitrogens with one attached hydrogen (secondary N) is 1. The SMILES string of the molecule is CCC(CC)(CCCCNC(=O)c1c(F)c(F)c(F)c(F)c1F)O[SiH3]. The third kappa shape index (κ3) is 4.78. The van der Waals surface area contributed by atoms with Crippen LogP contribution in [0.1, 0.15) is 56.3 Å². The molecule has 0 atom stereocenters. The molecule has 1 aromatic carbocycles. The van der Waals surface area contributed by atoms with Gasteiger partial charge in [0, 0.05) is 6.54 Å². The first kappa shape index (κ1) is 21.6. The Balaban J connectivity index is 2.65. The van der Waals surface area contributed by atoms with Gasteiger partial charge in [-0.3, -0.25) is 4.79 Å². The van der Waals surface area contributed by atoms with Crippen molar-refractivity contribution >= 4 is 16.4 Å². The first-order valence-corrected chi connectivity index (χ1v) is 8.91. The highest BCUT2D eigenvalue weighted by Gasteiger charge is 2.29. The molecule has 0 spiro atoms. The third-order valence-electron chi connectivity index (χ3n) is 4.50. The third-order valence-corrected chi connectivity index (χ3v) is 5.37. The molecule has 0 unspecified atom stereocenters. The summed E-state index contributed by atoms with van der Waals surface area (Å²) in [4.78, 5) is 11.8. The van der Waals surface area contributed by atoms with E-state index >= 15 is 0 Å². The molecule has 25 heavy (non-hydrogen) atoms. The monoisotopic (exact) mass is 383 g/mol. The Kier molecular flexibility index (Phi) is 8.00. The highest BCUT2D eigenvalue weighted by atomic mass is 28.2. The summed E-state index contributed by atoms with van der Waals surface area (Å²) in [5.74, 6) is -12.1. The lowest BCUT2D eigenvalue weighted by Gasteiger charge is -2.31. The smallest absolute Gasteiger partial charge is 0.257 e. The van der Waals surface area contributed by atoms with Crippen LogP contribution < -0.4 is 5.32 Å². The molecule has 0 aliphatic heterocycles. The number of benzene rings is 1. The van der Waals surface area contributed by atoms with Gasteiger partial charge in [-0.1, -0.05) is 13.8 Å². The summed E-state index contributed by atoms with van der Waals surface area (Å²) in [5, 5.41) is 2.19. The second kappa shape index (κ2) is 9.28. The molecule has 3 nitrogen and oxygen atoms in total. The van der Waals surface area contributed by atoms with Crippen molar-refractivity contribution in [1.82, 2.24) is 5.32 Å². The van der Waals surface area contributed by atoms with Gasteiger partial charge in [0.2, 0.25) is 5.82 Å². The van der Waals surface area contributed by atoms with Gasteiger partial charge in [0.25, 0.3) is 5.91 Å². The predicted molar refractivity (Wildman–Crippen MR) is 86.8 cm³/mol. The summed E-state index contributed by atoms with van der Waals surface area (Å²) in [6.07, 6.45) is 3.66. The molecule has 1 aromatic rings. The second-order valence-corrected chi connectivity index (χ2v) is 6.16. The zero-order valence-electron chi connectivity index (χ0n) is 14.4. The van der Waals surface area contributed by atoms with Crippen molar-refractivity contribution in [3.05, 3.63) is 34.6 Å². The van der Waals surface area contributed by atoms with Gasteiger partial charge in [-0.2, -0.15) is 0 Å². The number of hydrogen-bond donors (Lipinski definition) is 1. The highest BCUT2D eigenvalue weighted by Crippen LogP contribution is 2.26. The molecule has 1 amide bonds. The Morgan fingerprint density at radius 1 is 0.960 bits per heavy atom. The van der Waals surface area contributed by atoms with E-state index in [0.717, 1.165) is 19.3 Å². The highest BCUT2D eigenvalue weighted by molar-refractivity contribution is 5.98. The first-order valence-electron chi connectivity index (χ1n) is 8.09. The number of rotatable bonds is 9. The minimum Gasteiger partial charge on any atom is -0.422 e. The Labute approximate surface area is 146 Å². The summed E-state index contributed by atoms with van der Waals surface area (Å²) in [6.45, 7) is 4.10. The molecule has 0 saturated carbocycles. The molecule has 9 heteroatoms. The van der Waals surface area contributed by atoms with Crippen molar-refractivity contribution in [2.75, 3.05) is 6.54 Å². The van der Waals surface area contributed by atoms with E-state index in [0.29, 0.717) is 23.3 Å². The number of carbonyl (C=O) groups excluding carboxylic acids is 1. The predicted octanol–water partition coefficient (Wildman–Crippen LogP) is 3.14. The topological polar surface area (TPSA) is 38.3 Å². The fraction of sp³-hybridized carbons (Fsp3) is 0.562. The molecule has 0 radical (unpaired) electrons. The van der Waals surface area contributed by atoms with E-state index in [1.165, 1.54) is 0 Å². The van der Waals surface area contributed by atoms with Gasteiger partial charge in [0.1, 0.15) is 16.0 Å². The van der Waals surface area contributed by atoms with Gasteiger partial charge in [-0.15, -0.1) is 0 Å². The van der Waals surface area contributed by atoms with Crippen molar-refractivity contribution in [2.45, 2.75) is 51.6 Å². The Bertz CT molecular complexity index is 586. The van der Waals surface area contributed by atoms with Crippen LogP contribution in [0.3, 0.4) is 0 Å². The van der Waals surface area contributed by atoms with E-state index < -0.39 is 40.6 Å². The van der Waals surface area contributed by atoms with Crippen LogP contribution in [-0.2, 0) is 4.43 Å². The minimum absolute atomic E-state index is 0.0585. The van der Waals surface area contributed by atoms with E-state index in [1.54, 1.807) is 0 Å². The van der Waals surface area contributed by atoms with Crippen LogP contribution in [0.5, 0.6) is 0 Å². The molecule has 0 heterocycles. The molecule has 0 bridgehead atoms. The standard InChI is InChI=1S/C16H22F5NO2Si/c1-3-16(4-2,24-25)7-5-6-8-22-15(23)9-10(17)12(19)14(21)13(20)11(9)18/h3-8H2,1-2,25H3,(H,22,23). The van der Waals surface area contributed by atoms with E-state index in [1.807, 2.05) is 13.8 Å². The Hall–Kier alpha value is -1.48. The lowest BCUT2D eigenvalue weighted by Crippen LogP contribution is -2.31. The zero-order valence-corrected chi connectivity index (χ0v) is 16.4. The minimum atomic E-state index is -2.29. The number of unbranched alkanes of at least 4 members (excludes halogenated alkanes) is 1. The molecule has 0 saturated heterocycles. The number of halogens is 5. The number of amides is 1. The molecular formula is C16H22F5NO2Si. The number of carbonyl (C=O) groups is 1. The maximum absolute atomic E-state index is 13.5. The van der Waals surface area contributed by atoms with Crippen LogP contribution in [0.25, 0.3) is 0 Å². The van der Waals surface area contributed by atoms with Crippen molar-refractivity contribution in [2.24, 2.45) is 0 Å². The molecule has 0 aliphatic rings.